The number of carbonyl (C=O) groups is 1. The molecule has 6 rings (SSSR count). The molecule has 9 heteroatoms. The minimum absolute atomic E-state index is 0.0823. The number of nitrogens with one attached hydrogen (secondary N) is 1. The molecule has 0 radical (unpaired) electrons. The summed E-state index contributed by atoms with van der Waals surface area (Å²) >= 11 is 3.79. The molecule has 2 aromatic rings. The van der Waals surface area contributed by atoms with Crippen molar-refractivity contribution in [2.75, 3.05) is 76.4 Å². The van der Waals surface area contributed by atoms with Crippen molar-refractivity contribution in [1.82, 2.24) is 9.80 Å². The van der Waals surface area contributed by atoms with Gasteiger partial charge in [0.15, 0.2) is 0 Å². The van der Waals surface area contributed by atoms with Crippen LogP contribution in [0.1, 0.15) is 6.92 Å². The van der Waals surface area contributed by atoms with E-state index in [0.29, 0.717) is 11.3 Å². The maximum atomic E-state index is 12.3. The monoisotopic (exact) mass is 616 g/mol. The van der Waals surface area contributed by atoms with Crippen LogP contribution in [0.25, 0.3) is 0 Å². The summed E-state index contributed by atoms with van der Waals surface area (Å²) < 4.78 is 0. The number of amides is 1. The van der Waals surface area contributed by atoms with Gasteiger partial charge < -0.3 is 29.8 Å². The molecule has 0 bridgehead atoms. The first kappa shape index (κ1) is 31.0. The van der Waals surface area contributed by atoms with Crippen LogP contribution in [0.15, 0.2) is 94.0 Å². The van der Waals surface area contributed by atoms with Crippen molar-refractivity contribution in [2.45, 2.75) is 39.3 Å². The second kappa shape index (κ2) is 12.7. The van der Waals surface area contributed by atoms with Gasteiger partial charge in [-0.05, 0) is 60.7 Å². The minimum atomic E-state index is 0.0823. The van der Waals surface area contributed by atoms with Gasteiger partial charge in [0, 0.05) is 102 Å². The molecule has 0 spiro atoms. The van der Waals surface area contributed by atoms with E-state index in [-0.39, 0.29) is 17.2 Å². The van der Waals surface area contributed by atoms with Gasteiger partial charge in [0.05, 0.1) is 28.3 Å². The number of hydrogen-bond donors (Lipinski definition) is 1. The van der Waals surface area contributed by atoms with Crippen molar-refractivity contribution in [3.05, 3.63) is 84.2 Å². The molecule has 228 valence electrons. The van der Waals surface area contributed by atoms with Gasteiger partial charge in [0.1, 0.15) is 0 Å². The summed E-state index contributed by atoms with van der Waals surface area (Å²) in [5.41, 5.74) is 7.14. The third-order valence-electron chi connectivity index (χ3n) is 8.02. The van der Waals surface area contributed by atoms with E-state index in [1.807, 2.05) is 56.6 Å². The zero-order valence-electron chi connectivity index (χ0n) is 26.7. The standard InChI is InChI=1S/C18H23N3OS.C16H21N3S/c1-12(22)21-15-8-6-13(19(2)3)10-17(15)23-18-11-14(20(4)5)7-9-16(18)21;1-18(2)11-5-7-13-15(9-11)20-16-10-12(19(3)4)6-8-14(16)17-13/h6-11,15,17H,1-5H3;5-10,13,15,17H,1-4H3. The molecule has 2 heterocycles. The first-order valence-electron chi connectivity index (χ1n) is 14.6. The van der Waals surface area contributed by atoms with Gasteiger partial charge in [0.25, 0.3) is 0 Å². The fourth-order valence-electron chi connectivity index (χ4n) is 5.53. The summed E-state index contributed by atoms with van der Waals surface area (Å²) in [5.74, 6) is 0.0884. The lowest BCUT2D eigenvalue weighted by Gasteiger charge is -2.41. The van der Waals surface area contributed by atoms with Crippen LogP contribution < -0.4 is 20.0 Å². The maximum Gasteiger partial charge on any atom is 0.224 e. The Morgan fingerprint density at radius 3 is 1.88 bits per heavy atom. The Labute approximate surface area is 265 Å². The van der Waals surface area contributed by atoms with E-state index in [1.54, 1.807) is 6.92 Å². The number of anilines is 4. The predicted octanol–water partition coefficient (Wildman–Crippen LogP) is 5.99. The van der Waals surface area contributed by atoms with Crippen LogP contribution >= 0.6 is 23.5 Å². The van der Waals surface area contributed by atoms with Crippen LogP contribution in [0.3, 0.4) is 0 Å². The molecule has 2 aliphatic carbocycles. The van der Waals surface area contributed by atoms with Crippen molar-refractivity contribution in [3.63, 3.8) is 0 Å². The highest BCUT2D eigenvalue weighted by molar-refractivity contribution is 8.00. The van der Waals surface area contributed by atoms with Crippen molar-refractivity contribution >= 4 is 52.2 Å². The number of allylic oxidation sites excluding steroid dienone is 2. The molecule has 0 saturated carbocycles. The minimum Gasteiger partial charge on any atom is -0.378 e. The van der Waals surface area contributed by atoms with E-state index in [9.17, 15) is 4.79 Å². The predicted molar refractivity (Wildman–Crippen MR) is 187 cm³/mol. The molecule has 0 fully saturated rings. The molecule has 0 aromatic heterocycles. The first-order chi connectivity index (χ1) is 20.4. The fraction of sp³-hybridized carbons (Fsp3) is 0.382. The number of likely N-dealkylation sites (N-methyl/N-ethyl adjacent to an activating group) is 2. The van der Waals surface area contributed by atoms with Crippen molar-refractivity contribution in [3.8, 4) is 0 Å². The summed E-state index contributed by atoms with van der Waals surface area (Å²) in [7, 11) is 16.5. The second-order valence-electron chi connectivity index (χ2n) is 12.0. The number of benzene rings is 2. The van der Waals surface area contributed by atoms with Gasteiger partial charge >= 0.3 is 0 Å². The number of nitrogens with zero attached hydrogens (tertiary/aromatic N) is 5. The Bertz CT molecular complexity index is 1490. The highest BCUT2D eigenvalue weighted by atomic mass is 32.2. The molecule has 2 aliphatic heterocycles. The lowest BCUT2D eigenvalue weighted by Crippen LogP contribution is -2.47. The molecule has 1 amide bonds. The highest BCUT2D eigenvalue weighted by Crippen LogP contribution is 2.46. The number of fused-ring (bicyclic) bond motifs is 4. The fourth-order valence-corrected chi connectivity index (χ4v) is 8.11. The summed E-state index contributed by atoms with van der Waals surface area (Å²) in [5, 5.41) is 4.34. The Balaban J connectivity index is 0.000000173. The van der Waals surface area contributed by atoms with Crippen molar-refractivity contribution < 1.29 is 4.79 Å². The molecule has 43 heavy (non-hydrogen) atoms. The average molecular weight is 617 g/mol. The van der Waals surface area contributed by atoms with Gasteiger partial charge in [-0.2, -0.15) is 0 Å². The van der Waals surface area contributed by atoms with E-state index in [0.717, 1.165) is 16.3 Å². The number of thioether (sulfide) groups is 2. The summed E-state index contributed by atoms with van der Waals surface area (Å²) in [6, 6.07) is 13.4. The quantitative estimate of drug-likeness (QED) is 0.450. The van der Waals surface area contributed by atoms with Gasteiger partial charge in [-0.3, -0.25) is 4.79 Å². The average Bonchev–Trinajstić information content (AvgIpc) is 2.97. The van der Waals surface area contributed by atoms with E-state index < -0.39 is 0 Å². The SMILES string of the molecule is CC(=O)N1c2ccc(N(C)C)cc2SC2C=C(N(C)C)C=CC21.CN(C)C1=CC2Sc3cc(N(C)C)ccc3NC2C=C1. The number of rotatable bonds is 4. The molecule has 1 N–H and O–H groups in total. The van der Waals surface area contributed by atoms with Crippen LogP contribution in [0, 0.1) is 0 Å². The zero-order chi connectivity index (χ0) is 31.0. The Morgan fingerprint density at radius 2 is 1.28 bits per heavy atom. The van der Waals surface area contributed by atoms with Crippen molar-refractivity contribution in [1.29, 1.82) is 0 Å². The van der Waals surface area contributed by atoms with E-state index >= 15 is 0 Å². The van der Waals surface area contributed by atoms with Gasteiger partial charge in [-0.15, -0.1) is 23.5 Å². The highest BCUT2D eigenvalue weighted by Gasteiger charge is 2.36. The van der Waals surface area contributed by atoms with Crippen LogP contribution in [-0.4, -0.2) is 94.7 Å². The molecular weight excluding hydrogens is 573 g/mol. The molecule has 2 aromatic carbocycles. The number of hydrogen-bond acceptors (Lipinski definition) is 8. The Kier molecular flexibility index (Phi) is 9.13. The van der Waals surface area contributed by atoms with Gasteiger partial charge in [-0.1, -0.05) is 12.2 Å². The zero-order valence-corrected chi connectivity index (χ0v) is 28.3. The topological polar surface area (TPSA) is 45.3 Å². The Morgan fingerprint density at radius 1 is 0.721 bits per heavy atom. The second-order valence-corrected chi connectivity index (χ2v) is 14.5. The van der Waals surface area contributed by atoms with Crippen LogP contribution in [0.5, 0.6) is 0 Å². The first-order valence-corrected chi connectivity index (χ1v) is 16.4. The molecule has 7 nitrogen and oxygen atoms in total. The lowest BCUT2D eigenvalue weighted by molar-refractivity contribution is -0.116. The molecule has 4 unspecified atom stereocenters. The van der Waals surface area contributed by atoms with Crippen molar-refractivity contribution in [2.24, 2.45) is 0 Å². The van der Waals surface area contributed by atoms with Crippen LogP contribution in [0.2, 0.25) is 0 Å². The largest absolute Gasteiger partial charge is 0.378 e. The van der Waals surface area contributed by atoms with Crippen LogP contribution in [0.4, 0.5) is 22.7 Å². The molecule has 4 atom stereocenters. The molecule has 0 saturated heterocycles. The van der Waals surface area contributed by atoms with E-state index in [4.69, 9.17) is 0 Å². The smallest absolute Gasteiger partial charge is 0.224 e. The summed E-state index contributed by atoms with van der Waals surface area (Å²) in [4.78, 5) is 25.2. The lowest BCUT2D eigenvalue weighted by atomic mass is 10.0. The molecule has 4 aliphatic rings. The van der Waals surface area contributed by atoms with Gasteiger partial charge in [0.2, 0.25) is 5.91 Å². The third-order valence-corrected chi connectivity index (χ3v) is 10.6. The van der Waals surface area contributed by atoms with Crippen LogP contribution in [-0.2, 0) is 4.79 Å². The third kappa shape index (κ3) is 6.58. The maximum absolute atomic E-state index is 12.3. The summed E-state index contributed by atoms with van der Waals surface area (Å²) in [6.07, 6.45) is 13.3. The summed E-state index contributed by atoms with van der Waals surface area (Å²) in [6.45, 7) is 1.65. The van der Waals surface area contributed by atoms with E-state index in [1.165, 1.54) is 27.7 Å². The van der Waals surface area contributed by atoms with Gasteiger partial charge in [-0.25, -0.2) is 0 Å². The Hall–Kier alpha value is -3.43. The normalized spacial score (nSPS) is 22.7. The number of carbonyl (C=O) groups excluding carboxylic acids is 1. The van der Waals surface area contributed by atoms with E-state index in [2.05, 4.69) is 126 Å². The molecular formula is C34H44N6OS2.